The van der Waals surface area contributed by atoms with Crippen LogP contribution in [0, 0.1) is 0 Å². The van der Waals surface area contributed by atoms with E-state index in [1.165, 1.54) is 0 Å². The third-order valence-electron chi connectivity index (χ3n) is 2.74. The van der Waals surface area contributed by atoms with Crippen LogP contribution in [0.5, 0.6) is 0 Å². The van der Waals surface area contributed by atoms with Crippen LogP contribution in [0.3, 0.4) is 0 Å². The molecule has 3 nitrogen and oxygen atoms in total. The van der Waals surface area contributed by atoms with Crippen molar-refractivity contribution in [2.75, 3.05) is 19.8 Å². The van der Waals surface area contributed by atoms with E-state index >= 15 is 0 Å². The van der Waals surface area contributed by atoms with Crippen LogP contribution in [-0.4, -0.2) is 31.7 Å². The number of rotatable bonds is 5. The second kappa shape index (κ2) is 6.28. The molecule has 92 valence electrons. The average Bonchev–Trinajstić information content (AvgIpc) is 2.82. The fraction of sp³-hybridized carbons (Fsp3) is 0.462. The third-order valence-corrected chi connectivity index (χ3v) is 3.43. The van der Waals surface area contributed by atoms with Crippen LogP contribution in [0.1, 0.15) is 23.2 Å². The summed E-state index contributed by atoms with van der Waals surface area (Å²) in [7, 11) is 0. The molecule has 1 aliphatic heterocycles. The highest BCUT2D eigenvalue weighted by molar-refractivity contribution is 9.10. The molecule has 0 spiro atoms. The summed E-state index contributed by atoms with van der Waals surface area (Å²) in [5.41, 5.74) is 0.667. The largest absolute Gasteiger partial charge is 0.376 e. The molecule has 1 saturated heterocycles. The normalized spacial score (nSPS) is 19.5. The summed E-state index contributed by atoms with van der Waals surface area (Å²) in [5, 5.41) is 0. The Bertz CT molecular complexity index is 386. The number of Topliss-reactive ketones (excluding diaryl/α,β-unsaturated/α-hetero) is 1. The number of benzene rings is 1. The predicted octanol–water partition coefficient (Wildman–Crippen LogP) is 2.83. The van der Waals surface area contributed by atoms with Gasteiger partial charge in [0.15, 0.2) is 5.78 Å². The summed E-state index contributed by atoms with van der Waals surface area (Å²) in [4.78, 5) is 11.8. The molecule has 1 atom stereocenters. The molecule has 0 aliphatic carbocycles. The van der Waals surface area contributed by atoms with E-state index in [4.69, 9.17) is 9.47 Å². The maximum absolute atomic E-state index is 11.8. The highest BCUT2D eigenvalue weighted by atomic mass is 79.9. The average molecular weight is 299 g/mol. The van der Waals surface area contributed by atoms with Gasteiger partial charge in [-0.15, -0.1) is 0 Å². The van der Waals surface area contributed by atoms with Gasteiger partial charge in [0.1, 0.15) is 6.61 Å². The third kappa shape index (κ3) is 3.63. The van der Waals surface area contributed by atoms with Gasteiger partial charge >= 0.3 is 0 Å². The molecule has 17 heavy (non-hydrogen) atoms. The fourth-order valence-electron chi connectivity index (χ4n) is 1.82. The van der Waals surface area contributed by atoms with Gasteiger partial charge in [0.25, 0.3) is 0 Å². The Labute approximate surface area is 109 Å². The van der Waals surface area contributed by atoms with Crippen LogP contribution in [0.2, 0.25) is 0 Å². The molecular weight excluding hydrogens is 284 g/mol. The Morgan fingerprint density at radius 3 is 3.00 bits per heavy atom. The number of halogens is 1. The molecule has 1 aromatic carbocycles. The van der Waals surface area contributed by atoms with Crippen molar-refractivity contribution in [3.05, 3.63) is 34.3 Å². The zero-order chi connectivity index (χ0) is 12.1. The molecule has 1 heterocycles. The molecule has 0 N–H and O–H groups in total. The van der Waals surface area contributed by atoms with Crippen molar-refractivity contribution in [3.8, 4) is 0 Å². The molecule has 1 fully saturated rings. The number of hydrogen-bond donors (Lipinski definition) is 0. The molecule has 1 aliphatic rings. The second-order valence-electron chi connectivity index (χ2n) is 4.05. The quantitative estimate of drug-likeness (QED) is 0.784. The van der Waals surface area contributed by atoms with E-state index < -0.39 is 0 Å². The highest BCUT2D eigenvalue weighted by Gasteiger charge is 2.16. The van der Waals surface area contributed by atoms with E-state index in [-0.39, 0.29) is 18.5 Å². The summed E-state index contributed by atoms with van der Waals surface area (Å²) in [6, 6.07) is 7.38. The minimum atomic E-state index is -0.00419. The van der Waals surface area contributed by atoms with Gasteiger partial charge in [-0.3, -0.25) is 4.79 Å². The van der Waals surface area contributed by atoms with Crippen LogP contribution in [0.15, 0.2) is 28.7 Å². The van der Waals surface area contributed by atoms with Crippen LogP contribution in [0.4, 0.5) is 0 Å². The first kappa shape index (κ1) is 12.7. The molecule has 2 rings (SSSR count). The molecule has 0 saturated carbocycles. The molecular formula is C13H15BrO3. The topological polar surface area (TPSA) is 35.5 Å². The van der Waals surface area contributed by atoms with Crippen LogP contribution < -0.4 is 0 Å². The summed E-state index contributed by atoms with van der Waals surface area (Å²) >= 11 is 3.35. The Hall–Kier alpha value is -0.710. The Morgan fingerprint density at radius 2 is 2.29 bits per heavy atom. The fourth-order valence-corrected chi connectivity index (χ4v) is 2.33. The lowest BCUT2D eigenvalue weighted by Gasteiger charge is -2.09. The molecule has 0 amide bonds. The van der Waals surface area contributed by atoms with E-state index in [1.807, 2.05) is 18.2 Å². The van der Waals surface area contributed by atoms with Crippen molar-refractivity contribution in [2.45, 2.75) is 18.9 Å². The van der Waals surface area contributed by atoms with Crippen LogP contribution in [-0.2, 0) is 9.47 Å². The first-order valence-corrected chi connectivity index (χ1v) is 6.54. The summed E-state index contributed by atoms with van der Waals surface area (Å²) in [6.07, 6.45) is 2.29. The van der Waals surface area contributed by atoms with Crippen molar-refractivity contribution >= 4 is 21.7 Å². The van der Waals surface area contributed by atoms with E-state index in [0.29, 0.717) is 12.2 Å². The van der Waals surface area contributed by atoms with E-state index in [2.05, 4.69) is 15.9 Å². The molecule has 1 unspecified atom stereocenters. The van der Waals surface area contributed by atoms with Crippen molar-refractivity contribution in [1.82, 2.24) is 0 Å². The van der Waals surface area contributed by atoms with Gasteiger partial charge in [-0.1, -0.05) is 34.1 Å². The molecule has 0 aromatic heterocycles. The van der Waals surface area contributed by atoms with E-state index in [9.17, 15) is 4.79 Å². The van der Waals surface area contributed by atoms with Gasteiger partial charge in [-0.05, 0) is 18.9 Å². The Kier molecular flexibility index (Phi) is 4.71. The maximum Gasteiger partial charge on any atom is 0.189 e. The second-order valence-corrected chi connectivity index (χ2v) is 4.91. The van der Waals surface area contributed by atoms with E-state index in [1.54, 1.807) is 6.07 Å². The Balaban J connectivity index is 1.79. The van der Waals surface area contributed by atoms with Gasteiger partial charge in [-0.2, -0.15) is 0 Å². The van der Waals surface area contributed by atoms with Crippen molar-refractivity contribution in [1.29, 1.82) is 0 Å². The smallest absolute Gasteiger partial charge is 0.189 e. The van der Waals surface area contributed by atoms with Gasteiger partial charge in [0, 0.05) is 16.6 Å². The SMILES string of the molecule is O=C(COCC1CCCO1)c1ccccc1Br. The number of ketones is 1. The zero-order valence-electron chi connectivity index (χ0n) is 9.52. The number of carbonyl (C=O) groups is 1. The van der Waals surface area contributed by atoms with Crippen molar-refractivity contribution in [2.24, 2.45) is 0 Å². The molecule has 0 bridgehead atoms. The van der Waals surface area contributed by atoms with Crippen molar-refractivity contribution in [3.63, 3.8) is 0 Å². The Morgan fingerprint density at radius 1 is 1.47 bits per heavy atom. The highest BCUT2D eigenvalue weighted by Crippen LogP contribution is 2.17. The molecule has 1 aromatic rings. The first-order chi connectivity index (χ1) is 8.27. The summed E-state index contributed by atoms with van der Waals surface area (Å²) in [6.45, 7) is 1.44. The van der Waals surface area contributed by atoms with Crippen LogP contribution >= 0.6 is 15.9 Å². The standard InChI is InChI=1S/C13H15BrO3/c14-12-6-2-1-5-11(12)13(15)9-16-8-10-4-3-7-17-10/h1-2,5-6,10H,3-4,7-9H2. The lowest BCUT2D eigenvalue weighted by Crippen LogP contribution is -2.18. The number of ether oxygens (including phenoxy) is 2. The van der Waals surface area contributed by atoms with Gasteiger partial charge in [0.05, 0.1) is 12.7 Å². The van der Waals surface area contributed by atoms with Gasteiger partial charge in [-0.25, -0.2) is 0 Å². The first-order valence-electron chi connectivity index (χ1n) is 5.74. The van der Waals surface area contributed by atoms with Gasteiger partial charge < -0.3 is 9.47 Å². The lowest BCUT2D eigenvalue weighted by molar-refractivity contribution is 0.0190. The van der Waals surface area contributed by atoms with E-state index in [0.717, 1.165) is 23.9 Å². The minimum absolute atomic E-state index is 0.00419. The predicted molar refractivity (Wildman–Crippen MR) is 68.3 cm³/mol. The minimum Gasteiger partial charge on any atom is -0.376 e. The zero-order valence-corrected chi connectivity index (χ0v) is 11.1. The maximum atomic E-state index is 11.8. The summed E-state index contributed by atoms with van der Waals surface area (Å²) in [5.74, 6) is -0.00419. The van der Waals surface area contributed by atoms with Crippen LogP contribution in [0.25, 0.3) is 0 Å². The summed E-state index contributed by atoms with van der Waals surface area (Å²) < 4.78 is 11.6. The van der Waals surface area contributed by atoms with Gasteiger partial charge in [0.2, 0.25) is 0 Å². The van der Waals surface area contributed by atoms with Crippen molar-refractivity contribution < 1.29 is 14.3 Å². The molecule has 0 radical (unpaired) electrons. The monoisotopic (exact) mass is 298 g/mol. The number of hydrogen-bond acceptors (Lipinski definition) is 3. The molecule has 4 heteroatoms. The number of carbonyl (C=O) groups excluding carboxylic acids is 1. The lowest BCUT2D eigenvalue weighted by atomic mass is 10.1.